The van der Waals surface area contributed by atoms with Gasteiger partial charge in [-0.1, -0.05) is 23.9 Å². The Balaban J connectivity index is 2.07. The van der Waals surface area contributed by atoms with E-state index in [-0.39, 0.29) is 0 Å². The predicted octanol–water partition coefficient (Wildman–Crippen LogP) is 4.73. The molecule has 2 aromatic rings. The SMILES string of the molecule is O=Cc1ccc2c(c1)Sc1ccccc1N2CCCCl. The van der Waals surface area contributed by atoms with E-state index in [9.17, 15) is 4.79 Å². The van der Waals surface area contributed by atoms with E-state index < -0.39 is 0 Å². The van der Waals surface area contributed by atoms with Crippen LogP contribution in [0, 0.1) is 0 Å². The third kappa shape index (κ3) is 2.43. The molecule has 0 aliphatic carbocycles. The molecule has 1 heterocycles. The molecule has 0 fully saturated rings. The van der Waals surface area contributed by atoms with E-state index in [1.165, 1.54) is 10.6 Å². The number of carbonyl (C=O) groups is 1. The highest BCUT2D eigenvalue weighted by Gasteiger charge is 2.22. The maximum atomic E-state index is 11.0. The van der Waals surface area contributed by atoms with E-state index in [2.05, 4.69) is 23.1 Å². The number of hydrogen-bond donors (Lipinski definition) is 0. The zero-order valence-corrected chi connectivity index (χ0v) is 12.5. The minimum absolute atomic E-state index is 0.646. The molecule has 1 aliphatic heterocycles. The van der Waals surface area contributed by atoms with Gasteiger partial charge in [-0.25, -0.2) is 0 Å². The first-order chi connectivity index (χ1) is 9.83. The second-order valence-electron chi connectivity index (χ2n) is 4.61. The molecule has 2 nitrogen and oxygen atoms in total. The van der Waals surface area contributed by atoms with E-state index in [0.717, 1.165) is 29.8 Å². The zero-order chi connectivity index (χ0) is 13.9. The third-order valence-electron chi connectivity index (χ3n) is 3.30. The molecular formula is C16H14ClNOS. The molecule has 0 unspecified atom stereocenters. The summed E-state index contributed by atoms with van der Waals surface area (Å²) >= 11 is 7.56. The summed E-state index contributed by atoms with van der Waals surface area (Å²) in [7, 11) is 0. The molecule has 0 bridgehead atoms. The minimum Gasteiger partial charge on any atom is -0.340 e. The molecule has 0 N–H and O–H groups in total. The van der Waals surface area contributed by atoms with Crippen LogP contribution in [0.25, 0.3) is 0 Å². The van der Waals surface area contributed by atoms with Gasteiger partial charge in [0, 0.05) is 27.8 Å². The fraction of sp³-hybridized carbons (Fsp3) is 0.188. The molecule has 0 saturated carbocycles. The average molecular weight is 304 g/mol. The van der Waals surface area contributed by atoms with Gasteiger partial charge in [-0.2, -0.15) is 0 Å². The molecule has 102 valence electrons. The van der Waals surface area contributed by atoms with Gasteiger partial charge in [0.2, 0.25) is 0 Å². The van der Waals surface area contributed by atoms with Gasteiger partial charge in [0.15, 0.2) is 0 Å². The quantitative estimate of drug-likeness (QED) is 0.601. The van der Waals surface area contributed by atoms with Crippen molar-refractivity contribution in [2.75, 3.05) is 17.3 Å². The van der Waals surface area contributed by atoms with Gasteiger partial charge < -0.3 is 4.90 Å². The Labute approximate surface area is 127 Å². The highest BCUT2D eigenvalue weighted by molar-refractivity contribution is 7.99. The molecule has 4 heteroatoms. The van der Waals surface area contributed by atoms with Gasteiger partial charge >= 0.3 is 0 Å². The van der Waals surface area contributed by atoms with Crippen molar-refractivity contribution in [3.63, 3.8) is 0 Å². The standard InChI is InChI=1S/C16H14ClNOS/c17-8-3-9-18-13-4-1-2-5-15(13)20-16-10-12(11-19)6-7-14(16)18/h1-2,4-7,10-11H,3,8-9H2. The van der Waals surface area contributed by atoms with E-state index >= 15 is 0 Å². The smallest absolute Gasteiger partial charge is 0.150 e. The lowest BCUT2D eigenvalue weighted by atomic mass is 10.1. The monoisotopic (exact) mass is 303 g/mol. The molecule has 0 amide bonds. The summed E-state index contributed by atoms with van der Waals surface area (Å²) in [5, 5.41) is 0. The first-order valence-corrected chi connectivity index (χ1v) is 7.88. The summed E-state index contributed by atoms with van der Waals surface area (Å²) in [6.45, 7) is 0.883. The van der Waals surface area contributed by atoms with Crippen LogP contribution in [0.1, 0.15) is 16.8 Å². The highest BCUT2D eigenvalue weighted by Crippen LogP contribution is 2.48. The second-order valence-corrected chi connectivity index (χ2v) is 6.07. The molecule has 20 heavy (non-hydrogen) atoms. The van der Waals surface area contributed by atoms with Crippen LogP contribution in [0.15, 0.2) is 52.3 Å². The predicted molar refractivity (Wildman–Crippen MR) is 84.7 cm³/mol. The van der Waals surface area contributed by atoms with Crippen LogP contribution in [0.5, 0.6) is 0 Å². The van der Waals surface area contributed by atoms with E-state index in [4.69, 9.17) is 11.6 Å². The van der Waals surface area contributed by atoms with Crippen molar-refractivity contribution in [1.29, 1.82) is 0 Å². The average Bonchev–Trinajstić information content (AvgIpc) is 2.50. The number of benzene rings is 2. The number of nitrogens with zero attached hydrogens (tertiary/aromatic N) is 1. The van der Waals surface area contributed by atoms with Crippen molar-refractivity contribution in [2.24, 2.45) is 0 Å². The van der Waals surface area contributed by atoms with Gasteiger partial charge in [-0.3, -0.25) is 4.79 Å². The number of hydrogen-bond acceptors (Lipinski definition) is 3. The first kappa shape index (κ1) is 13.5. The molecule has 0 atom stereocenters. The van der Waals surface area contributed by atoms with Gasteiger partial charge in [0.25, 0.3) is 0 Å². The lowest BCUT2D eigenvalue weighted by molar-refractivity contribution is 0.112. The van der Waals surface area contributed by atoms with Crippen LogP contribution < -0.4 is 4.90 Å². The largest absolute Gasteiger partial charge is 0.340 e. The summed E-state index contributed by atoms with van der Waals surface area (Å²) in [5.74, 6) is 0.646. The Morgan fingerprint density at radius 1 is 1.10 bits per heavy atom. The van der Waals surface area contributed by atoms with Gasteiger partial charge in [-0.05, 0) is 36.8 Å². The molecule has 0 radical (unpaired) electrons. The lowest BCUT2D eigenvalue weighted by Crippen LogP contribution is -2.22. The molecule has 3 rings (SSSR count). The summed E-state index contributed by atoms with van der Waals surface area (Å²) in [6, 6.07) is 14.2. The number of alkyl halides is 1. The van der Waals surface area contributed by atoms with Crippen molar-refractivity contribution < 1.29 is 4.79 Å². The van der Waals surface area contributed by atoms with Crippen LogP contribution in [-0.2, 0) is 0 Å². The summed E-state index contributed by atoms with van der Waals surface area (Å²) < 4.78 is 0. The highest BCUT2D eigenvalue weighted by atomic mass is 35.5. The van der Waals surface area contributed by atoms with E-state index in [1.54, 1.807) is 11.8 Å². The van der Waals surface area contributed by atoms with Gasteiger partial charge in [-0.15, -0.1) is 11.6 Å². The molecule has 0 spiro atoms. The Bertz CT molecular complexity index is 644. The fourth-order valence-corrected chi connectivity index (χ4v) is 3.65. The van der Waals surface area contributed by atoms with Crippen LogP contribution in [0.3, 0.4) is 0 Å². The van der Waals surface area contributed by atoms with E-state index in [1.807, 2.05) is 24.3 Å². The number of rotatable bonds is 4. The number of fused-ring (bicyclic) bond motifs is 2. The number of aldehydes is 1. The molecule has 2 aromatic carbocycles. The summed E-state index contributed by atoms with van der Waals surface area (Å²) in [6.07, 6.45) is 1.82. The maximum absolute atomic E-state index is 11.0. The molecule has 0 saturated heterocycles. The zero-order valence-electron chi connectivity index (χ0n) is 10.9. The third-order valence-corrected chi connectivity index (χ3v) is 4.68. The molecule has 1 aliphatic rings. The van der Waals surface area contributed by atoms with Gasteiger partial charge in [0.05, 0.1) is 11.4 Å². The Morgan fingerprint density at radius 3 is 2.70 bits per heavy atom. The van der Waals surface area contributed by atoms with Crippen molar-refractivity contribution in [2.45, 2.75) is 16.2 Å². The lowest BCUT2D eigenvalue weighted by Gasteiger charge is -2.32. The van der Waals surface area contributed by atoms with Crippen LogP contribution in [-0.4, -0.2) is 18.7 Å². The maximum Gasteiger partial charge on any atom is 0.150 e. The topological polar surface area (TPSA) is 20.3 Å². The number of anilines is 2. The minimum atomic E-state index is 0.646. The van der Waals surface area contributed by atoms with Crippen molar-refractivity contribution in [1.82, 2.24) is 0 Å². The second kappa shape index (κ2) is 5.90. The number of halogens is 1. The van der Waals surface area contributed by atoms with Crippen LogP contribution in [0.4, 0.5) is 11.4 Å². The van der Waals surface area contributed by atoms with Gasteiger partial charge in [0.1, 0.15) is 6.29 Å². The molecular weight excluding hydrogens is 290 g/mol. The fourth-order valence-electron chi connectivity index (χ4n) is 2.38. The summed E-state index contributed by atoms with van der Waals surface area (Å²) in [4.78, 5) is 15.6. The Kier molecular flexibility index (Phi) is 3.99. The van der Waals surface area contributed by atoms with E-state index in [0.29, 0.717) is 11.4 Å². The van der Waals surface area contributed by atoms with Crippen molar-refractivity contribution in [3.8, 4) is 0 Å². The Morgan fingerprint density at radius 2 is 1.90 bits per heavy atom. The normalized spacial score (nSPS) is 12.8. The van der Waals surface area contributed by atoms with Crippen molar-refractivity contribution >= 4 is 41.0 Å². The van der Waals surface area contributed by atoms with Crippen molar-refractivity contribution in [3.05, 3.63) is 48.0 Å². The molecule has 0 aromatic heterocycles. The number of para-hydroxylation sites is 1. The van der Waals surface area contributed by atoms with Crippen LogP contribution >= 0.6 is 23.4 Å². The van der Waals surface area contributed by atoms with Crippen LogP contribution in [0.2, 0.25) is 0 Å². The first-order valence-electron chi connectivity index (χ1n) is 6.53. The Hall–Kier alpha value is -1.45. The summed E-state index contributed by atoms with van der Waals surface area (Å²) in [5.41, 5.74) is 3.09. The number of carbonyl (C=O) groups excluding carboxylic acids is 1.